The van der Waals surface area contributed by atoms with E-state index in [1.807, 2.05) is 18.2 Å². The molecule has 0 unspecified atom stereocenters. The smallest absolute Gasteiger partial charge is 0.247 e. The lowest BCUT2D eigenvalue weighted by molar-refractivity contribution is -0.116. The number of nitrogen functional groups attached to an aromatic ring is 1. The number of nitrogens with one attached hydrogen (secondary N) is 1. The molecule has 21 heavy (non-hydrogen) atoms. The van der Waals surface area contributed by atoms with Crippen LogP contribution in [0.2, 0.25) is 0 Å². The van der Waals surface area contributed by atoms with Crippen LogP contribution in [-0.2, 0) is 11.3 Å². The molecule has 2 aromatic heterocycles. The summed E-state index contributed by atoms with van der Waals surface area (Å²) in [6.45, 7) is 0.0937. The van der Waals surface area contributed by atoms with Gasteiger partial charge in [-0.25, -0.2) is 4.98 Å². The first-order chi connectivity index (χ1) is 10.1. The maximum Gasteiger partial charge on any atom is 0.247 e. The summed E-state index contributed by atoms with van der Waals surface area (Å²) in [6, 6.07) is 7.21. The number of fused-ring (bicyclic) bond motifs is 1. The summed E-state index contributed by atoms with van der Waals surface area (Å²) < 4.78 is 7.59. The van der Waals surface area contributed by atoms with E-state index in [1.54, 1.807) is 19.4 Å². The van der Waals surface area contributed by atoms with E-state index in [9.17, 15) is 4.79 Å². The van der Waals surface area contributed by atoms with Gasteiger partial charge in [-0.1, -0.05) is 11.3 Å². The Hall–Kier alpha value is -2.61. The number of methoxy groups -OCH3 is 1. The number of nitrogens with two attached hydrogens (primary N) is 1. The number of nitrogens with zero attached hydrogens (tertiary/aromatic N) is 3. The molecule has 0 radical (unpaired) electrons. The molecule has 108 valence electrons. The fourth-order valence-electron chi connectivity index (χ4n) is 1.86. The summed E-state index contributed by atoms with van der Waals surface area (Å²) in [5, 5.41) is 7.26. The molecular weight excluding hydrogens is 290 g/mol. The van der Waals surface area contributed by atoms with Crippen LogP contribution < -0.4 is 15.8 Å². The second kappa shape index (κ2) is 5.41. The maximum absolute atomic E-state index is 11.9. The van der Waals surface area contributed by atoms with E-state index in [2.05, 4.69) is 15.4 Å². The Balaban J connectivity index is 1.73. The Morgan fingerprint density at radius 3 is 3.05 bits per heavy atom. The Morgan fingerprint density at radius 2 is 2.33 bits per heavy atom. The second-order valence-electron chi connectivity index (χ2n) is 4.34. The van der Waals surface area contributed by atoms with E-state index in [0.29, 0.717) is 10.9 Å². The third-order valence-electron chi connectivity index (χ3n) is 2.81. The molecule has 0 fully saturated rings. The Bertz CT molecular complexity index is 795. The fourth-order valence-corrected chi connectivity index (χ4v) is 2.77. The van der Waals surface area contributed by atoms with Crippen molar-refractivity contribution in [3.63, 3.8) is 0 Å². The minimum Gasteiger partial charge on any atom is -0.497 e. The zero-order valence-corrected chi connectivity index (χ0v) is 12.1. The third kappa shape index (κ3) is 2.95. The standard InChI is InChI=1S/C13H13N5O2S/c1-20-8-2-3-9-10(6-8)21-13(15-9)16-12(19)7-18-5-4-11(14)17-18/h2-6H,7H2,1H3,(H2,14,17)(H,15,16,19). The first-order valence-corrected chi connectivity index (χ1v) is 6.99. The molecule has 7 nitrogen and oxygen atoms in total. The lowest BCUT2D eigenvalue weighted by Crippen LogP contribution is -2.19. The van der Waals surface area contributed by atoms with Gasteiger partial charge in [0.1, 0.15) is 18.1 Å². The van der Waals surface area contributed by atoms with Crippen molar-refractivity contribution < 1.29 is 9.53 Å². The van der Waals surface area contributed by atoms with Crippen molar-refractivity contribution in [2.45, 2.75) is 6.54 Å². The van der Waals surface area contributed by atoms with Gasteiger partial charge in [0, 0.05) is 6.20 Å². The molecule has 2 heterocycles. The molecule has 0 spiro atoms. The summed E-state index contributed by atoms with van der Waals surface area (Å²) >= 11 is 1.39. The molecule has 0 saturated heterocycles. The van der Waals surface area contributed by atoms with Crippen molar-refractivity contribution in [1.29, 1.82) is 0 Å². The molecule has 0 aliphatic carbocycles. The molecule has 0 atom stereocenters. The molecule has 8 heteroatoms. The SMILES string of the molecule is COc1ccc2nc(NC(=O)Cn3ccc(N)n3)sc2c1. The molecule has 3 N–H and O–H groups in total. The number of carbonyl (C=O) groups is 1. The van der Waals surface area contributed by atoms with Gasteiger partial charge < -0.3 is 15.8 Å². The molecule has 3 aromatic rings. The highest BCUT2D eigenvalue weighted by Gasteiger charge is 2.09. The molecule has 0 aliphatic rings. The van der Waals surface area contributed by atoms with E-state index in [-0.39, 0.29) is 12.5 Å². The summed E-state index contributed by atoms with van der Waals surface area (Å²) in [4.78, 5) is 16.3. The van der Waals surface area contributed by atoms with Crippen LogP contribution in [0.3, 0.4) is 0 Å². The van der Waals surface area contributed by atoms with E-state index < -0.39 is 0 Å². The predicted octanol–water partition coefficient (Wildman–Crippen LogP) is 1.72. The van der Waals surface area contributed by atoms with Crippen molar-refractivity contribution in [3.05, 3.63) is 30.5 Å². The molecule has 0 bridgehead atoms. The van der Waals surface area contributed by atoms with Crippen molar-refractivity contribution in [2.24, 2.45) is 0 Å². The number of aromatic nitrogens is 3. The molecule has 3 rings (SSSR count). The van der Waals surface area contributed by atoms with Crippen LogP contribution in [-0.4, -0.2) is 27.8 Å². The maximum atomic E-state index is 11.9. The second-order valence-corrected chi connectivity index (χ2v) is 5.37. The number of benzene rings is 1. The quantitative estimate of drug-likeness (QED) is 0.765. The van der Waals surface area contributed by atoms with Crippen molar-refractivity contribution >= 4 is 38.4 Å². The number of hydrogen-bond donors (Lipinski definition) is 2. The largest absolute Gasteiger partial charge is 0.497 e. The lowest BCUT2D eigenvalue weighted by Gasteiger charge is -2.01. The minimum atomic E-state index is -0.205. The number of carbonyl (C=O) groups excluding carboxylic acids is 1. The van der Waals surface area contributed by atoms with E-state index in [0.717, 1.165) is 16.0 Å². The molecule has 0 aliphatic heterocycles. The number of anilines is 2. The third-order valence-corrected chi connectivity index (χ3v) is 3.74. The number of ether oxygens (including phenoxy) is 1. The Kier molecular flexibility index (Phi) is 3.44. The van der Waals surface area contributed by atoms with Crippen LogP contribution in [0, 0.1) is 0 Å². The summed E-state index contributed by atoms with van der Waals surface area (Å²) in [6.07, 6.45) is 1.65. The first-order valence-electron chi connectivity index (χ1n) is 6.17. The number of amides is 1. The summed E-state index contributed by atoms with van der Waals surface area (Å²) in [5.74, 6) is 0.940. The predicted molar refractivity (Wildman–Crippen MR) is 81.4 cm³/mol. The first kappa shape index (κ1) is 13.4. The molecular formula is C13H13N5O2S. The van der Waals surface area contributed by atoms with Gasteiger partial charge in [0.15, 0.2) is 5.13 Å². The zero-order valence-electron chi connectivity index (χ0n) is 11.2. The summed E-state index contributed by atoms with van der Waals surface area (Å²) in [7, 11) is 1.61. The van der Waals surface area contributed by atoms with Gasteiger partial charge in [0.25, 0.3) is 0 Å². The Labute approximate surface area is 124 Å². The van der Waals surface area contributed by atoms with Gasteiger partial charge in [-0.3, -0.25) is 9.48 Å². The van der Waals surface area contributed by atoms with Crippen molar-refractivity contribution in [2.75, 3.05) is 18.2 Å². The van der Waals surface area contributed by atoms with Crippen LogP contribution in [0.15, 0.2) is 30.5 Å². The molecule has 1 amide bonds. The Morgan fingerprint density at radius 1 is 1.48 bits per heavy atom. The van der Waals surface area contributed by atoms with E-state index >= 15 is 0 Å². The van der Waals surface area contributed by atoms with E-state index in [1.165, 1.54) is 16.0 Å². The normalized spacial score (nSPS) is 10.7. The number of rotatable bonds is 4. The highest BCUT2D eigenvalue weighted by atomic mass is 32.1. The molecule has 1 aromatic carbocycles. The number of thiazole rings is 1. The topological polar surface area (TPSA) is 95.1 Å². The summed E-state index contributed by atoms with van der Waals surface area (Å²) in [5.41, 5.74) is 6.32. The molecule has 0 saturated carbocycles. The highest BCUT2D eigenvalue weighted by Crippen LogP contribution is 2.29. The van der Waals surface area contributed by atoms with Crippen LogP contribution in [0.25, 0.3) is 10.2 Å². The number of hydrogen-bond acceptors (Lipinski definition) is 6. The van der Waals surface area contributed by atoms with Gasteiger partial charge in [0.05, 0.1) is 17.3 Å². The fraction of sp³-hybridized carbons (Fsp3) is 0.154. The van der Waals surface area contributed by atoms with Gasteiger partial charge >= 0.3 is 0 Å². The van der Waals surface area contributed by atoms with Gasteiger partial charge in [-0.05, 0) is 24.3 Å². The monoisotopic (exact) mass is 303 g/mol. The highest BCUT2D eigenvalue weighted by molar-refractivity contribution is 7.22. The average Bonchev–Trinajstić information content (AvgIpc) is 3.03. The van der Waals surface area contributed by atoms with E-state index in [4.69, 9.17) is 10.5 Å². The van der Waals surface area contributed by atoms with Crippen molar-refractivity contribution in [1.82, 2.24) is 14.8 Å². The van der Waals surface area contributed by atoms with Crippen LogP contribution >= 0.6 is 11.3 Å². The van der Waals surface area contributed by atoms with Gasteiger partial charge in [-0.15, -0.1) is 0 Å². The van der Waals surface area contributed by atoms with Crippen LogP contribution in [0.1, 0.15) is 0 Å². The van der Waals surface area contributed by atoms with Crippen LogP contribution in [0.4, 0.5) is 10.9 Å². The van der Waals surface area contributed by atoms with Crippen LogP contribution in [0.5, 0.6) is 5.75 Å². The zero-order chi connectivity index (χ0) is 14.8. The lowest BCUT2D eigenvalue weighted by atomic mass is 10.3. The minimum absolute atomic E-state index is 0.0937. The van der Waals surface area contributed by atoms with Crippen molar-refractivity contribution in [3.8, 4) is 5.75 Å². The van der Waals surface area contributed by atoms with Gasteiger partial charge in [0.2, 0.25) is 5.91 Å². The van der Waals surface area contributed by atoms with Gasteiger partial charge in [-0.2, -0.15) is 5.10 Å². The average molecular weight is 303 g/mol.